The normalized spacial score (nSPS) is 13.5. The summed E-state index contributed by atoms with van der Waals surface area (Å²) in [4.78, 5) is 10.0. The van der Waals surface area contributed by atoms with Crippen molar-refractivity contribution in [2.24, 2.45) is 0 Å². The van der Waals surface area contributed by atoms with Crippen molar-refractivity contribution in [1.29, 1.82) is 0 Å². The molecule has 2 nitrogen and oxygen atoms in total. The zero-order valence-corrected chi connectivity index (χ0v) is 7.40. The van der Waals surface area contributed by atoms with E-state index in [1.165, 1.54) is 0 Å². The molecule has 94 valence electrons. The molecule has 16 heavy (non-hydrogen) atoms. The Hall–Kier alpha value is -1.28. The Morgan fingerprint density at radius 1 is 1.19 bits per heavy atom. The van der Waals surface area contributed by atoms with Crippen LogP contribution in [0.4, 0.5) is 30.7 Å². The Kier molecular flexibility index (Phi) is 4.76. The van der Waals surface area contributed by atoms with Crippen molar-refractivity contribution in [3.63, 3.8) is 0 Å². The predicted octanol–water partition coefficient (Wildman–Crippen LogP) is 2.55. The first-order valence-corrected chi connectivity index (χ1v) is 3.65. The molecule has 0 aliphatic carbocycles. The second kappa shape index (κ2) is 5.17. The number of carbonyl (C=O) groups excluding carboxylic acids is 1. The van der Waals surface area contributed by atoms with Gasteiger partial charge >= 0.3 is 24.5 Å². The Bertz CT molecular complexity index is 268. The number of hydrogen-bond donors (Lipinski definition) is 0. The van der Waals surface area contributed by atoms with E-state index in [2.05, 4.69) is 4.74 Å². The lowest BCUT2D eigenvalue weighted by Gasteiger charge is -2.15. The molecule has 0 aromatic rings. The molecule has 0 aliphatic rings. The van der Waals surface area contributed by atoms with Crippen LogP contribution in [0.15, 0.2) is 12.2 Å². The van der Waals surface area contributed by atoms with Gasteiger partial charge in [0.25, 0.3) is 0 Å². The first-order chi connectivity index (χ1) is 7.08. The highest BCUT2D eigenvalue weighted by atomic mass is 19.4. The van der Waals surface area contributed by atoms with E-state index < -0.39 is 37.2 Å². The van der Waals surface area contributed by atoms with E-state index in [0.29, 0.717) is 0 Å². The van der Waals surface area contributed by atoms with E-state index in [4.69, 9.17) is 0 Å². The van der Waals surface area contributed by atoms with Gasteiger partial charge in [0.05, 0.1) is 0 Å². The van der Waals surface area contributed by atoms with Gasteiger partial charge in [0.1, 0.15) is 6.61 Å². The second-order valence-electron chi connectivity index (χ2n) is 2.45. The van der Waals surface area contributed by atoms with Crippen molar-refractivity contribution in [2.75, 3.05) is 6.61 Å². The van der Waals surface area contributed by atoms with Crippen LogP contribution in [0.3, 0.4) is 0 Å². The molecule has 0 saturated carbocycles. The lowest BCUT2D eigenvalue weighted by molar-refractivity contribution is -0.259. The second-order valence-corrected chi connectivity index (χ2v) is 2.45. The van der Waals surface area contributed by atoms with Gasteiger partial charge in [0.15, 0.2) is 0 Å². The van der Waals surface area contributed by atoms with Crippen molar-refractivity contribution < 1.29 is 40.3 Å². The molecule has 0 radical (unpaired) electrons. The predicted molar refractivity (Wildman–Crippen MR) is 37.1 cm³/mol. The minimum absolute atomic E-state index is 0.133. The number of rotatable bonds is 4. The molecule has 0 unspecified atom stereocenters. The minimum Gasteiger partial charge on any atom is -0.457 e. The quantitative estimate of drug-likeness (QED) is 0.438. The fraction of sp³-hybridized carbons (Fsp3) is 0.571. The summed E-state index contributed by atoms with van der Waals surface area (Å²) in [5, 5.41) is 0. The summed E-state index contributed by atoms with van der Waals surface area (Å²) in [5.41, 5.74) is 0. The van der Waals surface area contributed by atoms with Crippen LogP contribution in [0, 0.1) is 0 Å². The third-order valence-electron chi connectivity index (χ3n) is 1.21. The summed E-state index contributed by atoms with van der Waals surface area (Å²) in [6.07, 6.45) is -9.69. The van der Waals surface area contributed by atoms with Gasteiger partial charge in [-0.2, -0.15) is 30.7 Å². The number of ether oxygens (including phenoxy) is 1. The standard InChI is InChI=1S/C7H5F7O2/c8-4(9)5(15)16-3-1-2-6(10,11)7(12,13)14/h1-2,4H,3H2. The number of alkyl halides is 7. The van der Waals surface area contributed by atoms with Crippen LogP contribution in [-0.2, 0) is 9.53 Å². The van der Waals surface area contributed by atoms with Crippen LogP contribution in [0.1, 0.15) is 0 Å². The van der Waals surface area contributed by atoms with Crippen molar-refractivity contribution in [2.45, 2.75) is 18.5 Å². The maximum atomic E-state index is 12.1. The number of carbonyl (C=O) groups is 1. The lowest BCUT2D eigenvalue weighted by atomic mass is 10.3. The van der Waals surface area contributed by atoms with E-state index in [0.717, 1.165) is 0 Å². The van der Waals surface area contributed by atoms with Crippen LogP contribution >= 0.6 is 0 Å². The van der Waals surface area contributed by atoms with Gasteiger partial charge in [0.2, 0.25) is 0 Å². The molecular weight excluding hydrogens is 249 g/mol. The topological polar surface area (TPSA) is 26.3 Å². The molecular formula is C7H5F7O2. The number of allylic oxidation sites excluding steroid dienone is 1. The average molecular weight is 254 g/mol. The van der Waals surface area contributed by atoms with Gasteiger partial charge in [-0.3, -0.25) is 0 Å². The van der Waals surface area contributed by atoms with Crippen molar-refractivity contribution in [1.82, 2.24) is 0 Å². The SMILES string of the molecule is O=C(OCC=CC(F)(F)C(F)(F)F)C(F)F. The molecule has 9 heteroatoms. The maximum absolute atomic E-state index is 12.1. The molecule has 0 heterocycles. The van der Waals surface area contributed by atoms with Gasteiger partial charge in [-0.25, -0.2) is 4.79 Å². The van der Waals surface area contributed by atoms with Gasteiger partial charge in [-0.1, -0.05) is 0 Å². The highest BCUT2D eigenvalue weighted by molar-refractivity contribution is 5.72. The van der Waals surface area contributed by atoms with Crippen LogP contribution in [0.2, 0.25) is 0 Å². The highest BCUT2D eigenvalue weighted by Gasteiger charge is 2.55. The lowest BCUT2D eigenvalue weighted by Crippen LogP contribution is -2.34. The molecule has 0 saturated heterocycles. The molecule has 0 spiro atoms. The maximum Gasteiger partial charge on any atom is 0.457 e. The van der Waals surface area contributed by atoms with E-state index in [9.17, 15) is 35.5 Å². The Morgan fingerprint density at radius 3 is 2.06 bits per heavy atom. The van der Waals surface area contributed by atoms with Crippen molar-refractivity contribution in [3.8, 4) is 0 Å². The highest BCUT2D eigenvalue weighted by Crippen LogP contribution is 2.36. The van der Waals surface area contributed by atoms with Gasteiger partial charge in [0, 0.05) is 0 Å². The molecule has 0 rings (SSSR count). The van der Waals surface area contributed by atoms with Crippen molar-refractivity contribution in [3.05, 3.63) is 12.2 Å². The van der Waals surface area contributed by atoms with Gasteiger partial charge in [-0.15, -0.1) is 0 Å². The smallest absolute Gasteiger partial charge is 0.457 e. The average Bonchev–Trinajstić information content (AvgIpc) is 2.09. The van der Waals surface area contributed by atoms with E-state index in [1.807, 2.05) is 0 Å². The fourth-order valence-electron chi connectivity index (χ4n) is 0.484. The third-order valence-corrected chi connectivity index (χ3v) is 1.21. The van der Waals surface area contributed by atoms with E-state index in [1.54, 1.807) is 0 Å². The molecule has 0 N–H and O–H groups in total. The first kappa shape index (κ1) is 14.7. The molecule has 0 aromatic heterocycles. The Labute approximate surface area is 84.7 Å². The molecule has 0 aliphatic heterocycles. The fourth-order valence-corrected chi connectivity index (χ4v) is 0.484. The number of hydrogen-bond acceptors (Lipinski definition) is 2. The monoisotopic (exact) mass is 254 g/mol. The molecule has 0 atom stereocenters. The molecule has 0 fully saturated rings. The third kappa shape index (κ3) is 4.49. The zero-order chi connectivity index (χ0) is 13.0. The van der Waals surface area contributed by atoms with Crippen LogP contribution < -0.4 is 0 Å². The summed E-state index contributed by atoms with van der Waals surface area (Å²) in [5.74, 6) is -7.09. The minimum atomic E-state index is -5.78. The number of halogens is 7. The van der Waals surface area contributed by atoms with Crippen LogP contribution in [0.5, 0.6) is 0 Å². The zero-order valence-electron chi connectivity index (χ0n) is 7.40. The Balaban J connectivity index is 4.17. The largest absolute Gasteiger partial charge is 0.457 e. The van der Waals surface area contributed by atoms with Gasteiger partial charge < -0.3 is 4.74 Å². The summed E-state index contributed by atoms with van der Waals surface area (Å²) >= 11 is 0. The van der Waals surface area contributed by atoms with Crippen LogP contribution in [0.25, 0.3) is 0 Å². The summed E-state index contributed by atoms with van der Waals surface area (Å²) in [6.45, 7) is -1.09. The Morgan fingerprint density at radius 2 is 1.69 bits per heavy atom. The van der Waals surface area contributed by atoms with Crippen molar-refractivity contribution >= 4 is 5.97 Å². The molecule has 0 aromatic carbocycles. The summed E-state index contributed by atoms with van der Waals surface area (Å²) in [7, 11) is 0. The van der Waals surface area contributed by atoms with Gasteiger partial charge in [-0.05, 0) is 12.2 Å². The molecule has 0 amide bonds. The summed E-state index contributed by atoms with van der Waals surface area (Å²) < 4.78 is 85.3. The number of esters is 1. The van der Waals surface area contributed by atoms with E-state index in [-0.39, 0.29) is 6.08 Å². The van der Waals surface area contributed by atoms with E-state index >= 15 is 0 Å². The summed E-state index contributed by atoms with van der Waals surface area (Å²) in [6, 6.07) is 0. The molecule has 0 bridgehead atoms. The first-order valence-electron chi connectivity index (χ1n) is 3.65. The van der Waals surface area contributed by atoms with Crippen LogP contribution in [-0.4, -0.2) is 31.1 Å².